The van der Waals surface area contributed by atoms with Crippen LogP contribution in [0.5, 0.6) is 0 Å². The summed E-state index contributed by atoms with van der Waals surface area (Å²) in [5, 5.41) is 7.34. The van der Waals surface area contributed by atoms with Crippen molar-refractivity contribution in [2.24, 2.45) is 5.92 Å². The molecule has 2 atom stereocenters. The predicted octanol–water partition coefficient (Wildman–Crippen LogP) is 3.99. The van der Waals surface area contributed by atoms with E-state index in [1.165, 1.54) is 25.3 Å². The van der Waals surface area contributed by atoms with Gasteiger partial charge in [-0.25, -0.2) is 9.07 Å². The van der Waals surface area contributed by atoms with Crippen molar-refractivity contribution in [3.05, 3.63) is 77.8 Å². The van der Waals surface area contributed by atoms with Crippen molar-refractivity contribution in [3.8, 4) is 5.69 Å². The Hall–Kier alpha value is -3.48. The van der Waals surface area contributed by atoms with Crippen molar-refractivity contribution in [3.63, 3.8) is 0 Å². The van der Waals surface area contributed by atoms with Crippen molar-refractivity contribution in [2.45, 2.75) is 19.8 Å². The van der Waals surface area contributed by atoms with Gasteiger partial charge in [0.2, 0.25) is 5.91 Å². The number of carbonyl (C=O) groups excluding carboxylic acids is 2. The lowest BCUT2D eigenvalue weighted by molar-refractivity contribution is -0.149. The zero-order valence-electron chi connectivity index (χ0n) is 16.5. The fourth-order valence-corrected chi connectivity index (χ4v) is 3.46. The summed E-state index contributed by atoms with van der Waals surface area (Å²) >= 11 is 0. The van der Waals surface area contributed by atoms with E-state index in [0.717, 1.165) is 5.69 Å². The molecule has 150 valence electrons. The minimum Gasteiger partial charge on any atom is -0.468 e. The number of methoxy groups -OCH3 is 1. The van der Waals surface area contributed by atoms with E-state index in [1.807, 2.05) is 30.3 Å². The molecule has 7 heteroatoms. The Kier molecular flexibility index (Phi) is 5.77. The molecule has 0 bridgehead atoms. The molecular formula is C22H22FN3O3. The monoisotopic (exact) mass is 395 g/mol. The lowest BCUT2D eigenvalue weighted by Gasteiger charge is -2.30. The maximum absolute atomic E-state index is 13.6. The van der Waals surface area contributed by atoms with Gasteiger partial charge >= 0.3 is 5.97 Å². The van der Waals surface area contributed by atoms with Crippen LogP contribution in [-0.2, 0) is 14.3 Å². The smallest absolute Gasteiger partial charge is 0.319 e. The molecule has 0 unspecified atom stereocenters. The van der Waals surface area contributed by atoms with E-state index in [9.17, 15) is 14.0 Å². The normalized spacial score (nSPS) is 19.0. The van der Waals surface area contributed by atoms with Crippen LogP contribution in [0.2, 0.25) is 0 Å². The van der Waals surface area contributed by atoms with Crippen molar-refractivity contribution in [2.75, 3.05) is 12.4 Å². The number of benzene rings is 1. The first-order chi connectivity index (χ1) is 13.9. The first-order valence-electron chi connectivity index (χ1n) is 9.11. The number of amides is 1. The Bertz CT molecular complexity index is 1020. The van der Waals surface area contributed by atoms with E-state index in [-0.39, 0.29) is 0 Å². The fourth-order valence-electron chi connectivity index (χ4n) is 3.46. The lowest BCUT2D eigenvalue weighted by Crippen LogP contribution is -2.40. The fraction of sp³-hybridized carbons (Fsp3) is 0.227. The molecule has 2 heterocycles. The maximum Gasteiger partial charge on any atom is 0.319 e. The number of para-hydroxylation sites is 1. The summed E-state index contributed by atoms with van der Waals surface area (Å²) in [6, 6.07) is 9.32. The molecule has 0 saturated carbocycles. The zero-order chi connectivity index (χ0) is 21.1. The first-order valence-corrected chi connectivity index (χ1v) is 9.11. The Labute approximate surface area is 168 Å². The van der Waals surface area contributed by atoms with Crippen LogP contribution in [0, 0.1) is 12.8 Å². The molecule has 1 aliphatic heterocycles. The van der Waals surface area contributed by atoms with Crippen LogP contribution in [0.4, 0.5) is 10.2 Å². The number of aryl methyl sites for hydroxylation is 1. The average Bonchev–Trinajstić information content (AvgIpc) is 3.06. The summed E-state index contributed by atoms with van der Waals surface area (Å²) in [5.41, 5.74) is 2.45. The molecule has 1 aromatic heterocycles. The van der Waals surface area contributed by atoms with Crippen LogP contribution in [-0.4, -0.2) is 28.8 Å². The second kappa shape index (κ2) is 8.26. The number of hydrogen-bond donors (Lipinski definition) is 1. The number of hydrogen-bond acceptors (Lipinski definition) is 4. The highest BCUT2D eigenvalue weighted by atomic mass is 19.1. The van der Waals surface area contributed by atoms with Gasteiger partial charge in [0.15, 0.2) is 0 Å². The standard InChI is InChI=1S/C22H22FN3O3/c1-5-15(23)12-11-13(2)17-18-14(3)25-26(16-9-7-6-8-10-16)20(18)24-21(27)19(17)22(28)29-4/h5-12,17,19H,2H2,1,3-4H3,(H,24,27)/b12-11-,15-5+/t17-,19-/m0/s1. The zero-order valence-corrected chi connectivity index (χ0v) is 16.5. The molecule has 2 aromatic rings. The number of halogens is 1. The predicted molar refractivity (Wildman–Crippen MR) is 108 cm³/mol. The number of fused-ring (bicyclic) bond motifs is 1. The van der Waals surface area contributed by atoms with Gasteiger partial charge in [-0.1, -0.05) is 36.9 Å². The summed E-state index contributed by atoms with van der Waals surface area (Å²) in [7, 11) is 1.22. The van der Waals surface area contributed by atoms with Crippen molar-refractivity contribution < 1.29 is 18.7 Å². The van der Waals surface area contributed by atoms with E-state index in [1.54, 1.807) is 18.5 Å². The number of nitrogens with zero attached hydrogens (tertiary/aromatic N) is 2. The average molecular weight is 395 g/mol. The van der Waals surface area contributed by atoms with Crippen LogP contribution in [0.1, 0.15) is 24.1 Å². The van der Waals surface area contributed by atoms with Gasteiger partial charge < -0.3 is 10.1 Å². The largest absolute Gasteiger partial charge is 0.468 e. The van der Waals surface area contributed by atoms with Crippen LogP contribution in [0.3, 0.4) is 0 Å². The number of allylic oxidation sites excluding steroid dienone is 5. The molecule has 1 aliphatic rings. The Morgan fingerprint density at radius 3 is 2.59 bits per heavy atom. The molecule has 0 fully saturated rings. The minimum atomic E-state index is -1.15. The number of carbonyl (C=O) groups is 2. The number of nitrogens with one attached hydrogen (secondary N) is 1. The topological polar surface area (TPSA) is 73.2 Å². The molecule has 6 nitrogen and oxygen atoms in total. The third-order valence-electron chi connectivity index (χ3n) is 4.86. The van der Waals surface area contributed by atoms with E-state index in [2.05, 4.69) is 17.0 Å². The Balaban J connectivity index is 2.17. The summed E-state index contributed by atoms with van der Waals surface area (Å²) in [5.74, 6) is -3.07. The van der Waals surface area contributed by atoms with E-state index >= 15 is 0 Å². The molecule has 1 aromatic carbocycles. The quantitative estimate of drug-likeness (QED) is 0.472. The van der Waals surface area contributed by atoms with Gasteiger partial charge in [-0.15, -0.1) is 0 Å². The number of aromatic nitrogens is 2. The van der Waals surface area contributed by atoms with Gasteiger partial charge in [0.1, 0.15) is 17.6 Å². The molecule has 1 N–H and O–H groups in total. The highest BCUT2D eigenvalue weighted by molar-refractivity contribution is 6.08. The van der Waals surface area contributed by atoms with E-state index < -0.39 is 29.5 Å². The van der Waals surface area contributed by atoms with Gasteiger partial charge in [0.05, 0.1) is 18.5 Å². The molecule has 0 aliphatic carbocycles. The van der Waals surface area contributed by atoms with Crippen LogP contribution < -0.4 is 5.32 Å². The van der Waals surface area contributed by atoms with Crippen LogP contribution in [0.15, 0.2) is 66.5 Å². The van der Waals surface area contributed by atoms with Crippen molar-refractivity contribution >= 4 is 17.7 Å². The molecule has 0 spiro atoms. The third kappa shape index (κ3) is 3.76. The molecule has 1 amide bonds. The second-order valence-electron chi connectivity index (χ2n) is 6.64. The van der Waals surface area contributed by atoms with Gasteiger partial charge in [-0.2, -0.15) is 5.10 Å². The number of anilines is 1. The van der Waals surface area contributed by atoms with Gasteiger partial charge in [0.25, 0.3) is 0 Å². The Morgan fingerprint density at radius 1 is 1.28 bits per heavy atom. The molecule has 3 rings (SSSR count). The third-order valence-corrected chi connectivity index (χ3v) is 4.86. The number of rotatable bonds is 5. The van der Waals surface area contributed by atoms with Crippen LogP contribution in [0.25, 0.3) is 5.69 Å². The summed E-state index contributed by atoms with van der Waals surface area (Å²) in [4.78, 5) is 25.3. The minimum absolute atomic E-state index is 0.407. The lowest BCUT2D eigenvalue weighted by atomic mass is 9.77. The van der Waals surface area contributed by atoms with E-state index in [4.69, 9.17) is 4.74 Å². The van der Waals surface area contributed by atoms with Crippen molar-refractivity contribution in [1.29, 1.82) is 0 Å². The summed E-state index contributed by atoms with van der Waals surface area (Å²) < 4.78 is 20.1. The maximum atomic E-state index is 13.6. The number of ether oxygens (including phenoxy) is 1. The molecule has 0 radical (unpaired) electrons. The van der Waals surface area contributed by atoms with E-state index in [0.29, 0.717) is 22.6 Å². The second-order valence-corrected chi connectivity index (χ2v) is 6.64. The first kappa shape index (κ1) is 20.3. The van der Waals surface area contributed by atoms with Crippen molar-refractivity contribution in [1.82, 2.24) is 9.78 Å². The molecule has 29 heavy (non-hydrogen) atoms. The van der Waals surface area contributed by atoms with Gasteiger partial charge in [0, 0.05) is 11.5 Å². The Morgan fingerprint density at radius 2 is 1.97 bits per heavy atom. The van der Waals surface area contributed by atoms with Crippen LogP contribution >= 0.6 is 0 Å². The summed E-state index contributed by atoms with van der Waals surface area (Å²) in [6.45, 7) is 7.36. The highest BCUT2D eigenvalue weighted by Crippen LogP contribution is 2.43. The SMILES string of the molecule is C=C(/C=C\C(F)=C/C)[C@H]1c2c(C)nn(-c3ccccc3)c2NC(=O)[C@H]1C(=O)OC. The van der Waals surface area contributed by atoms with Gasteiger partial charge in [-0.3, -0.25) is 9.59 Å². The molecular weight excluding hydrogens is 373 g/mol. The molecule has 0 saturated heterocycles. The van der Waals surface area contributed by atoms with Gasteiger partial charge in [-0.05, 0) is 37.6 Å². The highest BCUT2D eigenvalue weighted by Gasteiger charge is 2.45. The number of esters is 1. The summed E-state index contributed by atoms with van der Waals surface area (Å²) in [6.07, 6.45) is 4.02.